The zero-order valence-electron chi connectivity index (χ0n) is 11.1. The van der Waals surface area contributed by atoms with Crippen molar-refractivity contribution in [2.75, 3.05) is 6.54 Å². The first-order valence-electron chi connectivity index (χ1n) is 6.75. The van der Waals surface area contributed by atoms with Gasteiger partial charge in [0.1, 0.15) is 11.9 Å². The van der Waals surface area contributed by atoms with Crippen LogP contribution in [0.15, 0.2) is 24.3 Å². The highest BCUT2D eigenvalue weighted by atomic mass is 16.5. The Labute approximate surface area is 104 Å². The molecule has 1 aliphatic heterocycles. The molecule has 0 saturated heterocycles. The van der Waals surface area contributed by atoms with Gasteiger partial charge >= 0.3 is 0 Å². The monoisotopic (exact) mass is 233 g/mol. The Balaban J connectivity index is 2.23. The molecule has 1 aromatic carbocycles. The molecule has 2 rings (SSSR count). The van der Waals surface area contributed by atoms with Crippen LogP contribution in [-0.4, -0.2) is 12.6 Å². The molecule has 3 atom stereocenters. The first kappa shape index (κ1) is 12.4. The zero-order valence-corrected chi connectivity index (χ0v) is 11.1. The number of fused-ring (bicyclic) bond motifs is 1. The lowest BCUT2D eigenvalue weighted by Crippen LogP contribution is -2.36. The van der Waals surface area contributed by atoms with Gasteiger partial charge in [-0.3, -0.25) is 0 Å². The van der Waals surface area contributed by atoms with Crippen LogP contribution in [0.5, 0.6) is 5.75 Å². The second-order valence-electron chi connectivity index (χ2n) is 4.93. The second kappa shape index (κ2) is 5.54. The van der Waals surface area contributed by atoms with Crippen LogP contribution in [-0.2, 0) is 0 Å². The average molecular weight is 233 g/mol. The number of hydrogen-bond acceptors (Lipinski definition) is 2. The van der Waals surface area contributed by atoms with Gasteiger partial charge in [0, 0.05) is 18.0 Å². The molecule has 17 heavy (non-hydrogen) atoms. The normalized spacial score (nSPS) is 24.9. The van der Waals surface area contributed by atoms with Crippen molar-refractivity contribution < 1.29 is 4.74 Å². The number of benzene rings is 1. The van der Waals surface area contributed by atoms with Crippen molar-refractivity contribution in [3.63, 3.8) is 0 Å². The molecule has 2 heteroatoms. The van der Waals surface area contributed by atoms with Crippen molar-refractivity contribution in [3.8, 4) is 5.75 Å². The third-order valence-electron chi connectivity index (χ3n) is 3.77. The van der Waals surface area contributed by atoms with Gasteiger partial charge in [-0.2, -0.15) is 0 Å². The minimum atomic E-state index is 0.346. The number of ether oxygens (including phenoxy) is 1. The Morgan fingerprint density at radius 1 is 1.35 bits per heavy atom. The molecular weight excluding hydrogens is 210 g/mol. The first-order chi connectivity index (χ1) is 8.26. The van der Waals surface area contributed by atoms with E-state index in [-0.39, 0.29) is 0 Å². The molecule has 0 aromatic heterocycles. The SMILES string of the molecule is CCNC1CC(C(C)CC)Oc2ccccc21. The summed E-state index contributed by atoms with van der Waals surface area (Å²) < 4.78 is 6.12. The lowest BCUT2D eigenvalue weighted by atomic mass is 9.89. The molecule has 0 aliphatic carbocycles. The lowest BCUT2D eigenvalue weighted by molar-refractivity contribution is 0.0984. The maximum Gasteiger partial charge on any atom is 0.124 e. The molecular formula is C15H23NO. The van der Waals surface area contributed by atoms with Crippen LogP contribution in [0.1, 0.15) is 45.2 Å². The molecule has 0 fully saturated rings. The van der Waals surface area contributed by atoms with E-state index in [1.54, 1.807) is 0 Å². The highest BCUT2D eigenvalue weighted by Gasteiger charge is 2.30. The lowest BCUT2D eigenvalue weighted by Gasteiger charge is -2.35. The number of para-hydroxylation sites is 1. The minimum Gasteiger partial charge on any atom is -0.490 e. The molecule has 3 unspecified atom stereocenters. The number of rotatable bonds is 4. The Morgan fingerprint density at radius 2 is 2.12 bits per heavy atom. The Hall–Kier alpha value is -1.02. The van der Waals surface area contributed by atoms with Crippen LogP contribution in [0, 0.1) is 5.92 Å². The van der Waals surface area contributed by atoms with Gasteiger partial charge < -0.3 is 10.1 Å². The van der Waals surface area contributed by atoms with Crippen molar-refractivity contribution >= 4 is 0 Å². The van der Waals surface area contributed by atoms with E-state index in [1.165, 1.54) is 12.0 Å². The summed E-state index contributed by atoms with van der Waals surface area (Å²) in [4.78, 5) is 0. The molecule has 0 saturated carbocycles. The van der Waals surface area contributed by atoms with Gasteiger partial charge in [0.25, 0.3) is 0 Å². The summed E-state index contributed by atoms with van der Waals surface area (Å²) in [5.41, 5.74) is 1.31. The zero-order chi connectivity index (χ0) is 12.3. The maximum absolute atomic E-state index is 6.12. The Bertz CT molecular complexity index is 364. The fourth-order valence-corrected chi connectivity index (χ4v) is 2.50. The summed E-state index contributed by atoms with van der Waals surface area (Å²) >= 11 is 0. The van der Waals surface area contributed by atoms with Gasteiger partial charge in [0.15, 0.2) is 0 Å². The van der Waals surface area contributed by atoms with Crippen LogP contribution in [0.25, 0.3) is 0 Å². The predicted octanol–water partition coefficient (Wildman–Crippen LogP) is 3.53. The molecule has 2 nitrogen and oxygen atoms in total. The summed E-state index contributed by atoms with van der Waals surface area (Å²) in [6.45, 7) is 7.68. The maximum atomic E-state index is 6.12. The van der Waals surface area contributed by atoms with Gasteiger partial charge in [0.2, 0.25) is 0 Å². The van der Waals surface area contributed by atoms with E-state index in [9.17, 15) is 0 Å². The van der Waals surface area contributed by atoms with Crippen LogP contribution >= 0.6 is 0 Å². The molecule has 0 spiro atoms. The number of nitrogens with one attached hydrogen (secondary N) is 1. The van der Waals surface area contributed by atoms with Gasteiger partial charge in [-0.05, 0) is 18.5 Å². The minimum absolute atomic E-state index is 0.346. The molecule has 0 radical (unpaired) electrons. The number of hydrogen-bond donors (Lipinski definition) is 1. The van der Waals surface area contributed by atoms with Gasteiger partial charge in [-0.25, -0.2) is 0 Å². The van der Waals surface area contributed by atoms with E-state index in [2.05, 4.69) is 50.4 Å². The summed E-state index contributed by atoms with van der Waals surface area (Å²) in [6.07, 6.45) is 2.60. The third kappa shape index (κ3) is 2.63. The van der Waals surface area contributed by atoms with Crippen LogP contribution in [0.3, 0.4) is 0 Å². The topological polar surface area (TPSA) is 21.3 Å². The Morgan fingerprint density at radius 3 is 2.82 bits per heavy atom. The van der Waals surface area contributed by atoms with E-state index in [1.807, 2.05) is 0 Å². The van der Waals surface area contributed by atoms with Crippen molar-refractivity contribution in [3.05, 3.63) is 29.8 Å². The van der Waals surface area contributed by atoms with E-state index >= 15 is 0 Å². The predicted molar refractivity (Wildman–Crippen MR) is 71.3 cm³/mol. The van der Waals surface area contributed by atoms with E-state index in [0.717, 1.165) is 18.7 Å². The quantitative estimate of drug-likeness (QED) is 0.859. The fraction of sp³-hybridized carbons (Fsp3) is 0.600. The van der Waals surface area contributed by atoms with Crippen molar-refractivity contribution in [1.29, 1.82) is 0 Å². The Kier molecular flexibility index (Phi) is 4.06. The van der Waals surface area contributed by atoms with Gasteiger partial charge in [0.05, 0.1) is 0 Å². The fourth-order valence-electron chi connectivity index (χ4n) is 2.50. The van der Waals surface area contributed by atoms with E-state index < -0.39 is 0 Å². The standard InChI is InChI=1S/C15H23NO/c1-4-11(3)15-10-13(16-5-2)12-8-6-7-9-14(12)17-15/h6-9,11,13,15-16H,4-5,10H2,1-3H3. The van der Waals surface area contributed by atoms with Crippen molar-refractivity contribution in [2.24, 2.45) is 5.92 Å². The average Bonchev–Trinajstić information content (AvgIpc) is 2.38. The highest BCUT2D eigenvalue weighted by Crippen LogP contribution is 2.37. The van der Waals surface area contributed by atoms with Crippen LogP contribution in [0.4, 0.5) is 0 Å². The molecule has 94 valence electrons. The molecule has 0 bridgehead atoms. The summed E-state index contributed by atoms with van der Waals surface area (Å²) in [5, 5.41) is 3.57. The van der Waals surface area contributed by atoms with Crippen LogP contribution < -0.4 is 10.1 Å². The van der Waals surface area contributed by atoms with Crippen molar-refractivity contribution in [1.82, 2.24) is 5.32 Å². The highest BCUT2D eigenvalue weighted by molar-refractivity contribution is 5.38. The molecule has 1 heterocycles. The van der Waals surface area contributed by atoms with Gasteiger partial charge in [-0.1, -0.05) is 45.4 Å². The van der Waals surface area contributed by atoms with E-state index in [0.29, 0.717) is 18.1 Å². The molecule has 1 aliphatic rings. The molecule has 1 N–H and O–H groups in total. The van der Waals surface area contributed by atoms with Gasteiger partial charge in [-0.15, -0.1) is 0 Å². The largest absolute Gasteiger partial charge is 0.490 e. The third-order valence-corrected chi connectivity index (χ3v) is 3.77. The molecule has 1 aromatic rings. The second-order valence-corrected chi connectivity index (χ2v) is 4.93. The van der Waals surface area contributed by atoms with Crippen LogP contribution in [0.2, 0.25) is 0 Å². The summed E-state index contributed by atoms with van der Waals surface area (Å²) in [5.74, 6) is 1.68. The summed E-state index contributed by atoms with van der Waals surface area (Å²) in [7, 11) is 0. The molecule has 0 amide bonds. The smallest absolute Gasteiger partial charge is 0.124 e. The first-order valence-corrected chi connectivity index (χ1v) is 6.75. The van der Waals surface area contributed by atoms with E-state index in [4.69, 9.17) is 4.74 Å². The van der Waals surface area contributed by atoms with Crippen molar-refractivity contribution in [2.45, 2.75) is 45.8 Å². The summed E-state index contributed by atoms with van der Waals surface area (Å²) in [6, 6.07) is 8.87.